The molecule has 6 rings (SSSR count). The Morgan fingerprint density at radius 2 is 1.80 bits per heavy atom. The largest absolute Gasteiger partial charge is 0.369 e. The first-order valence-electron chi connectivity index (χ1n) is 13.7. The number of piperazine rings is 1. The van der Waals surface area contributed by atoms with Crippen molar-refractivity contribution in [3.63, 3.8) is 0 Å². The molecule has 1 aromatic carbocycles. The predicted octanol–water partition coefficient (Wildman–Crippen LogP) is 5.02. The van der Waals surface area contributed by atoms with Crippen LogP contribution in [0.15, 0.2) is 49.2 Å². The molecule has 0 bridgehead atoms. The molecule has 0 atom stereocenters. The molecule has 3 aromatic heterocycles. The van der Waals surface area contributed by atoms with Gasteiger partial charge in [0.25, 0.3) is 0 Å². The first-order valence-corrected chi connectivity index (χ1v) is 14.4. The molecule has 2 aliphatic heterocycles. The second kappa shape index (κ2) is 11.1. The monoisotopic (exact) mass is 578 g/mol. The van der Waals surface area contributed by atoms with E-state index >= 15 is 0 Å². The maximum Gasteiger partial charge on any atom is 0.242 e. The smallest absolute Gasteiger partial charge is 0.242 e. The van der Waals surface area contributed by atoms with Crippen molar-refractivity contribution in [1.29, 1.82) is 0 Å². The summed E-state index contributed by atoms with van der Waals surface area (Å²) in [5.74, 6) is 0.816. The van der Waals surface area contributed by atoms with E-state index in [1.165, 1.54) is 11.3 Å². The zero-order valence-electron chi connectivity index (χ0n) is 22.6. The van der Waals surface area contributed by atoms with Crippen molar-refractivity contribution in [3.8, 4) is 11.3 Å². The Morgan fingerprint density at radius 1 is 1.02 bits per heavy atom. The van der Waals surface area contributed by atoms with Crippen molar-refractivity contribution < 1.29 is 4.79 Å². The minimum absolute atomic E-state index is 0.0274. The number of pyridine rings is 1. The normalized spacial score (nSPS) is 15.6. The number of anilines is 3. The summed E-state index contributed by atoms with van der Waals surface area (Å²) in [7, 11) is 0. The van der Waals surface area contributed by atoms with E-state index in [-0.39, 0.29) is 12.5 Å². The number of imidazole rings is 1. The summed E-state index contributed by atoms with van der Waals surface area (Å²) in [6.07, 6.45) is 10.7. The Bertz CT molecular complexity index is 1530. The van der Waals surface area contributed by atoms with Crippen LogP contribution in [0.5, 0.6) is 0 Å². The van der Waals surface area contributed by atoms with Gasteiger partial charge in [-0.05, 0) is 44.4 Å². The number of rotatable bonds is 6. The third kappa shape index (κ3) is 5.04. The minimum Gasteiger partial charge on any atom is -0.369 e. The number of carbonyl (C=O) groups is 1. The van der Waals surface area contributed by atoms with Gasteiger partial charge >= 0.3 is 0 Å². The van der Waals surface area contributed by atoms with Gasteiger partial charge in [-0.25, -0.2) is 4.98 Å². The molecule has 0 saturated carbocycles. The lowest BCUT2D eigenvalue weighted by Crippen LogP contribution is -2.50. The van der Waals surface area contributed by atoms with Gasteiger partial charge in [0.2, 0.25) is 5.91 Å². The zero-order chi connectivity index (χ0) is 27.8. The molecule has 0 radical (unpaired) electrons. The lowest BCUT2D eigenvalue weighted by molar-refractivity contribution is -0.129. The molecule has 9 nitrogen and oxygen atoms in total. The Labute approximate surface area is 243 Å². The van der Waals surface area contributed by atoms with Gasteiger partial charge < -0.3 is 20.0 Å². The van der Waals surface area contributed by atoms with Gasteiger partial charge in [-0.3, -0.25) is 19.2 Å². The van der Waals surface area contributed by atoms with Gasteiger partial charge in [0.15, 0.2) is 5.65 Å². The number of nitrogens with one attached hydrogen (secondary N) is 1. The lowest BCUT2D eigenvalue weighted by atomic mass is 9.97. The molecule has 0 unspecified atom stereocenters. The standard InChI is InChI=1S/C29H32Cl2N8O/c1-19(2)38-8-3-4-20-14-21(5-6-24(20)38)27-29(39-9-7-32-17-25(39)35-27)34-18-26(40)36-10-12-37(13-11-36)28-22(30)15-33-16-23(28)31/h5-7,9,14-17,19,34H,3-4,8,10-13,18H2,1-2H3. The van der Waals surface area contributed by atoms with E-state index in [0.29, 0.717) is 42.3 Å². The van der Waals surface area contributed by atoms with Crippen molar-refractivity contribution in [3.05, 3.63) is 64.8 Å². The molecule has 0 aliphatic carbocycles. The van der Waals surface area contributed by atoms with E-state index < -0.39 is 0 Å². The van der Waals surface area contributed by atoms with Gasteiger partial charge in [0.05, 0.1) is 28.5 Å². The van der Waals surface area contributed by atoms with Crippen LogP contribution in [0.4, 0.5) is 17.2 Å². The van der Waals surface area contributed by atoms with E-state index in [2.05, 4.69) is 57.1 Å². The van der Waals surface area contributed by atoms with Crippen LogP contribution in [0.25, 0.3) is 16.9 Å². The summed E-state index contributed by atoms with van der Waals surface area (Å²) in [4.78, 5) is 32.9. The quantitative estimate of drug-likeness (QED) is 0.344. The van der Waals surface area contributed by atoms with Crippen molar-refractivity contribution in [2.24, 2.45) is 0 Å². The molecule has 5 heterocycles. The van der Waals surface area contributed by atoms with Crippen LogP contribution in [0.3, 0.4) is 0 Å². The maximum absolute atomic E-state index is 13.3. The summed E-state index contributed by atoms with van der Waals surface area (Å²) in [6.45, 7) is 8.16. The van der Waals surface area contributed by atoms with Crippen LogP contribution in [0.1, 0.15) is 25.8 Å². The van der Waals surface area contributed by atoms with E-state index in [9.17, 15) is 4.79 Å². The molecular formula is C29H32Cl2N8O. The number of nitrogens with zero attached hydrogens (tertiary/aromatic N) is 7. The number of fused-ring (bicyclic) bond motifs is 2. The topological polar surface area (TPSA) is 81.9 Å². The molecule has 11 heteroatoms. The highest BCUT2D eigenvalue weighted by Gasteiger charge is 2.25. The number of aromatic nitrogens is 4. The first kappa shape index (κ1) is 26.7. The molecule has 0 spiro atoms. The average molecular weight is 580 g/mol. The van der Waals surface area contributed by atoms with Crippen molar-refractivity contribution in [1.82, 2.24) is 24.3 Å². The summed E-state index contributed by atoms with van der Waals surface area (Å²) >= 11 is 12.7. The van der Waals surface area contributed by atoms with Crippen molar-refractivity contribution in [2.75, 3.05) is 54.4 Å². The molecule has 1 amide bonds. The van der Waals surface area contributed by atoms with E-state index in [1.54, 1.807) is 24.8 Å². The van der Waals surface area contributed by atoms with Crippen LogP contribution >= 0.6 is 23.2 Å². The molecule has 1 fully saturated rings. The molecule has 2 aliphatic rings. The highest BCUT2D eigenvalue weighted by atomic mass is 35.5. The van der Waals surface area contributed by atoms with Crippen molar-refractivity contribution >= 4 is 51.9 Å². The van der Waals surface area contributed by atoms with Gasteiger partial charge in [-0.15, -0.1) is 0 Å². The van der Waals surface area contributed by atoms with Gasteiger partial charge in [-0.1, -0.05) is 29.3 Å². The highest BCUT2D eigenvalue weighted by Crippen LogP contribution is 2.36. The van der Waals surface area contributed by atoms with Crippen molar-refractivity contribution in [2.45, 2.75) is 32.7 Å². The number of hydrogen-bond donors (Lipinski definition) is 1. The van der Waals surface area contributed by atoms with Gasteiger partial charge in [0.1, 0.15) is 11.5 Å². The summed E-state index contributed by atoms with van der Waals surface area (Å²) in [6, 6.07) is 7.05. The number of hydrogen-bond acceptors (Lipinski definition) is 7. The number of halogens is 2. The van der Waals surface area contributed by atoms with E-state index in [1.807, 2.05) is 15.5 Å². The second-order valence-electron chi connectivity index (χ2n) is 10.5. The highest BCUT2D eigenvalue weighted by molar-refractivity contribution is 6.38. The third-order valence-electron chi connectivity index (χ3n) is 7.74. The fraction of sp³-hybridized carbons (Fsp3) is 0.379. The minimum atomic E-state index is 0.0274. The average Bonchev–Trinajstić information content (AvgIpc) is 3.34. The second-order valence-corrected chi connectivity index (χ2v) is 11.3. The summed E-state index contributed by atoms with van der Waals surface area (Å²) in [5, 5.41) is 4.44. The number of amides is 1. The van der Waals surface area contributed by atoms with E-state index in [4.69, 9.17) is 28.2 Å². The zero-order valence-corrected chi connectivity index (χ0v) is 24.2. The Kier molecular flexibility index (Phi) is 7.42. The molecule has 4 aromatic rings. The van der Waals surface area contributed by atoms with E-state index in [0.717, 1.165) is 47.8 Å². The molecule has 1 N–H and O–H groups in total. The predicted molar refractivity (Wildman–Crippen MR) is 161 cm³/mol. The molecule has 208 valence electrons. The summed E-state index contributed by atoms with van der Waals surface area (Å²) in [5.41, 5.74) is 5.98. The van der Waals surface area contributed by atoms with Crippen LogP contribution in [0.2, 0.25) is 10.0 Å². The number of benzene rings is 1. The summed E-state index contributed by atoms with van der Waals surface area (Å²) < 4.78 is 1.96. The van der Waals surface area contributed by atoms with Crippen LogP contribution in [-0.2, 0) is 11.2 Å². The lowest BCUT2D eigenvalue weighted by Gasteiger charge is -2.36. The van der Waals surface area contributed by atoms with Crippen LogP contribution < -0.4 is 15.1 Å². The number of aryl methyl sites for hydroxylation is 1. The van der Waals surface area contributed by atoms with Gasteiger partial charge in [0, 0.05) is 74.8 Å². The Hall–Kier alpha value is -3.56. The Balaban J connectivity index is 1.20. The van der Waals surface area contributed by atoms with Crippen LogP contribution in [0, 0.1) is 0 Å². The Morgan fingerprint density at radius 3 is 2.55 bits per heavy atom. The number of carbonyl (C=O) groups excluding carboxylic acids is 1. The fourth-order valence-corrected chi connectivity index (χ4v) is 6.35. The third-order valence-corrected chi connectivity index (χ3v) is 8.30. The molecule has 1 saturated heterocycles. The SMILES string of the molecule is CC(C)N1CCCc2cc(-c3nc4cnccn4c3NCC(=O)N3CCN(c4c(Cl)cncc4Cl)CC3)ccc21. The fourth-order valence-electron chi connectivity index (χ4n) is 5.74. The molecule has 40 heavy (non-hydrogen) atoms. The van der Waals surface area contributed by atoms with Crippen LogP contribution in [-0.4, -0.2) is 75.5 Å². The van der Waals surface area contributed by atoms with Gasteiger partial charge in [-0.2, -0.15) is 0 Å². The maximum atomic E-state index is 13.3. The first-order chi connectivity index (χ1) is 19.4. The molecular weight excluding hydrogens is 547 g/mol.